The summed E-state index contributed by atoms with van der Waals surface area (Å²) in [7, 11) is 3.23. The maximum absolute atomic E-state index is 12.4. The summed E-state index contributed by atoms with van der Waals surface area (Å²) in [6.45, 7) is 5.40. The summed E-state index contributed by atoms with van der Waals surface area (Å²) in [5.74, 6) is 1.04. The zero-order chi connectivity index (χ0) is 18.2. The SMILES string of the molecule is COC[C@@]12CN(Cc3ccc(OC(F)F)c(OC)c3)C[C@@H]1C(C)(C)C2. The Balaban J connectivity index is 1.71. The van der Waals surface area contributed by atoms with Crippen LogP contribution in [-0.4, -0.2) is 45.4 Å². The van der Waals surface area contributed by atoms with E-state index in [2.05, 4.69) is 23.5 Å². The van der Waals surface area contributed by atoms with Crippen LogP contribution in [0.15, 0.2) is 18.2 Å². The zero-order valence-corrected chi connectivity index (χ0v) is 15.4. The number of benzene rings is 1. The van der Waals surface area contributed by atoms with Crippen LogP contribution in [0.25, 0.3) is 0 Å². The monoisotopic (exact) mass is 355 g/mol. The highest BCUT2D eigenvalue weighted by Crippen LogP contribution is 2.62. The molecule has 1 aromatic rings. The van der Waals surface area contributed by atoms with Gasteiger partial charge in [-0.05, 0) is 35.4 Å². The average molecular weight is 355 g/mol. The van der Waals surface area contributed by atoms with Gasteiger partial charge in [0.2, 0.25) is 0 Å². The van der Waals surface area contributed by atoms with Gasteiger partial charge in [0.15, 0.2) is 11.5 Å². The number of halogens is 2. The summed E-state index contributed by atoms with van der Waals surface area (Å²) in [6, 6.07) is 5.17. The molecule has 1 aliphatic carbocycles. The van der Waals surface area contributed by atoms with E-state index in [-0.39, 0.29) is 11.2 Å². The maximum Gasteiger partial charge on any atom is 0.387 e. The molecule has 2 aliphatic rings. The average Bonchev–Trinajstić information content (AvgIpc) is 2.82. The summed E-state index contributed by atoms with van der Waals surface area (Å²) < 4.78 is 40.1. The molecule has 6 heteroatoms. The Morgan fingerprint density at radius 2 is 2.00 bits per heavy atom. The van der Waals surface area contributed by atoms with Crippen LogP contribution in [0, 0.1) is 16.7 Å². The van der Waals surface area contributed by atoms with Gasteiger partial charge in [0.1, 0.15) is 0 Å². The minimum absolute atomic E-state index is 0.0692. The van der Waals surface area contributed by atoms with Crippen molar-refractivity contribution in [1.29, 1.82) is 0 Å². The third-order valence-corrected chi connectivity index (χ3v) is 5.75. The molecule has 4 nitrogen and oxygen atoms in total. The van der Waals surface area contributed by atoms with E-state index in [4.69, 9.17) is 9.47 Å². The smallest absolute Gasteiger partial charge is 0.387 e. The first-order chi connectivity index (χ1) is 11.8. The highest BCUT2D eigenvalue weighted by atomic mass is 19.3. The van der Waals surface area contributed by atoms with Gasteiger partial charge in [-0.2, -0.15) is 8.78 Å². The second-order valence-electron chi connectivity index (χ2n) is 8.05. The number of nitrogens with zero attached hydrogens (tertiary/aromatic N) is 1. The van der Waals surface area contributed by atoms with Gasteiger partial charge in [0.25, 0.3) is 0 Å². The lowest BCUT2D eigenvalue weighted by atomic mass is 9.48. The van der Waals surface area contributed by atoms with Crippen LogP contribution < -0.4 is 9.47 Å². The Kier molecular flexibility index (Phi) is 4.95. The number of hydrogen-bond donors (Lipinski definition) is 0. The number of ether oxygens (including phenoxy) is 3. The summed E-state index contributed by atoms with van der Waals surface area (Å²) in [5.41, 5.74) is 1.63. The third kappa shape index (κ3) is 3.47. The van der Waals surface area contributed by atoms with Crippen molar-refractivity contribution in [1.82, 2.24) is 4.90 Å². The second-order valence-corrected chi connectivity index (χ2v) is 8.05. The van der Waals surface area contributed by atoms with Gasteiger partial charge < -0.3 is 14.2 Å². The molecule has 1 heterocycles. The minimum atomic E-state index is -2.86. The molecule has 1 saturated heterocycles. The van der Waals surface area contributed by atoms with Gasteiger partial charge in [0.05, 0.1) is 13.7 Å². The van der Waals surface area contributed by atoms with Gasteiger partial charge in [-0.25, -0.2) is 0 Å². The van der Waals surface area contributed by atoms with Crippen molar-refractivity contribution in [2.24, 2.45) is 16.7 Å². The molecule has 3 rings (SSSR count). The molecule has 0 bridgehead atoms. The lowest BCUT2D eigenvalue weighted by molar-refractivity contribution is -0.107. The fraction of sp³-hybridized carbons (Fsp3) is 0.684. The van der Waals surface area contributed by atoms with Crippen LogP contribution >= 0.6 is 0 Å². The molecule has 0 radical (unpaired) electrons. The summed E-state index contributed by atoms with van der Waals surface area (Å²) in [5, 5.41) is 0. The minimum Gasteiger partial charge on any atom is -0.493 e. The van der Waals surface area contributed by atoms with Gasteiger partial charge >= 0.3 is 6.61 Å². The molecule has 2 fully saturated rings. The van der Waals surface area contributed by atoms with Gasteiger partial charge in [0, 0.05) is 32.2 Å². The predicted molar refractivity (Wildman–Crippen MR) is 91.1 cm³/mol. The molecule has 0 spiro atoms. The standard InChI is InChI=1S/C19H27F2NO3/c1-18(2)10-19(12-23-3)11-22(9-16(18)19)8-13-5-6-14(25-17(20)21)15(7-13)24-4/h5-7,16-17H,8-12H2,1-4H3/t16-,19-/m1/s1. The van der Waals surface area contributed by atoms with Crippen LogP contribution in [0.1, 0.15) is 25.8 Å². The molecule has 25 heavy (non-hydrogen) atoms. The second kappa shape index (κ2) is 6.72. The van der Waals surface area contributed by atoms with E-state index in [1.165, 1.54) is 13.5 Å². The molecule has 1 aromatic carbocycles. The topological polar surface area (TPSA) is 30.9 Å². The molecule has 0 unspecified atom stereocenters. The van der Waals surface area contributed by atoms with E-state index >= 15 is 0 Å². The fourth-order valence-electron chi connectivity index (χ4n) is 5.09. The molecule has 140 valence electrons. The molecule has 0 aromatic heterocycles. The van der Waals surface area contributed by atoms with E-state index in [0.717, 1.165) is 31.8 Å². The largest absolute Gasteiger partial charge is 0.493 e. The van der Waals surface area contributed by atoms with Crippen molar-refractivity contribution >= 4 is 0 Å². The van der Waals surface area contributed by atoms with Crippen LogP contribution in [0.5, 0.6) is 11.5 Å². The van der Waals surface area contributed by atoms with Crippen molar-refractivity contribution in [2.75, 3.05) is 33.9 Å². The highest BCUT2D eigenvalue weighted by molar-refractivity contribution is 5.43. The fourth-order valence-corrected chi connectivity index (χ4v) is 5.09. The van der Waals surface area contributed by atoms with E-state index in [0.29, 0.717) is 17.1 Å². The Labute approximate surface area is 148 Å². The number of fused-ring (bicyclic) bond motifs is 1. The first-order valence-corrected chi connectivity index (χ1v) is 8.63. The highest BCUT2D eigenvalue weighted by Gasteiger charge is 2.62. The molecular weight excluding hydrogens is 328 g/mol. The number of alkyl halides is 2. The van der Waals surface area contributed by atoms with Gasteiger partial charge in [-0.15, -0.1) is 0 Å². The predicted octanol–water partition coefficient (Wildman–Crippen LogP) is 3.79. The molecule has 2 atom stereocenters. The van der Waals surface area contributed by atoms with Crippen LogP contribution in [0.2, 0.25) is 0 Å². The van der Waals surface area contributed by atoms with Crippen LogP contribution in [0.4, 0.5) is 8.78 Å². The van der Waals surface area contributed by atoms with Crippen molar-refractivity contribution in [2.45, 2.75) is 33.4 Å². The quantitative estimate of drug-likeness (QED) is 0.745. The Morgan fingerprint density at radius 3 is 2.60 bits per heavy atom. The van der Waals surface area contributed by atoms with E-state index in [9.17, 15) is 8.78 Å². The van der Waals surface area contributed by atoms with Crippen LogP contribution in [-0.2, 0) is 11.3 Å². The Hall–Kier alpha value is -1.40. The number of methoxy groups -OCH3 is 2. The molecular formula is C19H27F2NO3. The van der Waals surface area contributed by atoms with Crippen molar-refractivity contribution in [3.8, 4) is 11.5 Å². The number of likely N-dealkylation sites (tertiary alicyclic amines) is 1. The summed E-state index contributed by atoms with van der Waals surface area (Å²) >= 11 is 0. The molecule has 0 amide bonds. The maximum atomic E-state index is 12.4. The Bertz CT molecular complexity index is 623. The van der Waals surface area contributed by atoms with Crippen molar-refractivity contribution in [3.05, 3.63) is 23.8 Å². The zero-order valence-electron chi connectivity index (χ0n) is 15.4. The van der Waals surface area contributed by atoms with Gasteiger partial charge in [-0.3, -0.25) is 4.90 Å². The lowest BCUT2D eigenvalue weighted by Crippen LogP contribution is -2.55. The van der Waals surface area contributed by atoms with E-state index < -0.39 is 6.61 Å². The normalized spacial score (nSPS) is 27.9. The first kappa shape index (κ1) is 18.4. The third-order valence-electron chi connectivity index (χ3n) is 5.75. The molecule has 1 saturated carbocycles. The lowest BCUT2D eigenvalue weighted by Gasteiger charge is -2.56. The van der Waals surface area contributed by atoms with Crippen molar-refractivity contribution in [3.63, 3.8) is 0 Å². The summed E-state index contributed by atoms with van der Waals surface area (Å²) in [6.07, 6.45) is 1.18. The van der Waals surface area contributed by atoms with Gasteiger partial charge in [-0.1, -0.05) is 19.9 Å². The van der Waals surface area contributed by atoms with Crippen LogP contribution in [0.3, 0.4) is 0 Å². The summed E-state index contributed by atoms with van der Waals surface area (Å²) in [4.78, 5) is 2.43. The number of hydrogen-bond acceptors (Lipinski definition) is 4. The molecule has 0 N–H and O–H groups in total. The Morgan fingerprint density at radius 1 is 1.24 bits per heavy atom. The van der Waals surface area contributed by atoms with Crippen molar-refractivity contribution < 1.29 is 23.0 Å². The molecule has 1 aliphatic heterocycles. The number of rotatable bonds is 7. The van der Waals surface area contributed by atoms with E-state index in [1.807, 2.05) is 6.07 Å². The first-order valence-electron chi connectivity index (χ1n) is 8.63. The van der Waals surface area contributed by atoms with E-state index in [1.54, 1.807) is 19.2 Å².